The van der Waals surface area contributed by atoms with Crippen LogP contribution in [0.25, 0.3) is 0 Å². The van der Waals surface area contributed by atoms with Gasteiger partial charge in [0, 0.05) is 10.0 Å². The number of amides is 1. The first-order valence-electron chi connectivity index (χ1n) is 6.01. The molecule has 1 aliphatic heterocycles. The number of hydrogen-bond donors (Lipinski definition) is 0. The summed E-state index contributed by atoms with van der Waals surface area (Å²) in [6.07, 6.45) is 0. The summed E-state index contributed by atoms with van der Waals surface area (Å²) in [5.41, 5.74) is 0.252. The van der Waals surface area contributed by atoms with E-state index < -0.39 is 21.7 Å². The number of hydrogen-bond acceptors (Lipinski definition) is 3. The lowest BCUT2D eigenvalue weighted by Gasteiger charge is -2.15. The predicted octanol–water partition coefficient (Wildman–Crippen LogP) is 2.93. The van der Waals surface area contributed by atoms with Gasteiger partial charge in [-0.05, 0) is 30.3 Å². The minimum Gasteiger partial charge on any atom is -0.268 e. The van der Waals surface area contributed by atoms with Crippen molar-refractivity contribution >= 4 is 31.9 Å². The third-order valence-corrected chi connectivity index (χ3v) is 5.51. The first-order chi connectivity index (χ1) is 9.91. The van der Waals surface area contributed by atoms with Gasteiger partial charge in [-0.15, -0.1) is 0 Å². The minimum absolute atomic E-state index is 0.0367. The van der Waals surface area contributed by atoms with Crippen LogP contribution >= 0.6 is 15.9 Å². The van der Waals surface area contributed by atoms with Gasteiger partial charge in [0.2, 0.25) is 0 Å². The zero-order valence-corrected chi connectivity index (χ0v) is 13.0. The number of rotatable bonds is 2. The van der Waals surface area contributed by atoms with E-state index in [4.69, 9.17) is 0 Å². The average molecular weight is 370 g/mol. The molecular formula is C14H9BrFNO3S. The third-order valence-electron chi connectivity index (χ3n) is 3.23. The molecule has 1 heterocycles. The van der Waals surface area contributed by atoms with Crippen LogP contribution in [0, 0.1) is 5.82 Å². The van der Waals surface area contributed by atoms with Crippen LogP contribution in [-0.4, -0.2) is 18.6 Å². The molecule has 0 aromatic heterocycles. The van der Waals surface area contributed by atoms with Crippen molar-refractivity contribution in [1.82, 2.24) is 4.31 Å². The highest BCUT2D eigenvalue weighted by molar-refractivity contribution is 9.10. The van der Waals surface area contributed by atoms with E-state index in [9.17, 15) is 17.6 Å². The van der Waals surface area contributed by atoms with Gasteiger partial charge in [-0.1, -0.05) is 28.1 Å². The molecule has 3 rings (SSSR count). The molecule has 0 spiro atoms. The van der Waals surface area contributed by atoms with Crippen molar-refractivity contribution < 1.29 is 17.6 Å². The summed E-state index contributed by atoms with van der Waals surface area (Å²) in [4.78, 5) is 12.2. The molecule has 4 nitrogen and oxygen atoms in total. The number of halogens is 2. The van der Waals surface area contributed by atoms with Crippen molar-refractivity contribution in [3.63, 3.8) is 0 Å². The number of carbonyl (C=O) groups is 1. The molecule has 108 valence electrons. The van der Waals surface area contributed by atoms with Gasteiger partial charge < -0.3 is 0 Å². The van der Waals surface area contributed by atoms with Crippen LogP contribution in [0.3, 0.4) is 0 Å². The quantitative estimate of drug-likeness (QED) is 0.817. The zero-order valence-electron chi connectivity index (χ0n) is 10.6. The van der Waals surface area contributed by atoms with Crippen LogP contribution in [0.4, 0.5) is 4.39 Å². The van der Waals surface area contributed by atoms with Crippen molar-refractivity contribution in [2.45, 2.75) is 11.4 Å². The average Bonchev–Trinajstić information content (AvgIpc) is 2.64. The van der Waals surface area contributed by atoms with Gasteiger partial charge in [0.25, 0.3) is 15.9 Å². The van der Waals surface area contributed by atoms with Crippen LogP contribution in [-0.2, 0) is 16.6 Å². The molecule has 21 heavy (non-hydrogen) atoms. The van der Waals surface area contributed by atoms with Crippen molar-refractivity contribution in [3.8, 4) is 0 Å². The maximum Gasteiger partial charge on any atom is 0.269 e. The predicted molar refractivity (Wildman–Crippen MR) is 77.6 cm³/mol. The van der Waals surface area contributed by atoms with Crippen LogP contribution in [0.15, 0.2) is 51.8 Å². The molecule has 0 saturated heterocycles. The summed E-state index contributed by atoms with van der Waals surface area (Å²) in [5, 5.41) is 0. The molecule has 0 N–H and O–H groups in total. The normalized spacial score (nSPS) is 16.1. The van der Waals surface area contributed by atoms with Crippen LogP contribution in [0.2, 0.25) is 0 Å². The zero-order chi connectivity index (χ0) is 15.2. The van der Waals surface area contributed by atoms with E-state index in [0.29, 0.717) is 8.78 Å². The Bertz CT molecular complexity index is 851. The summed E-state index contributed by atoms with van der Waals surface area (Å²) < 4.78 is 39.8. The standard InChI is InChI=1S/C14H9BrFNO3S/c15-10-5-6-12(16)9(7-10)8-17-14(18)11-3-1-2-4-13(11)21(17,19)20/h1-7H,8H2. The first kappa shape index (κ1) is 14.2. The molecule has 0 unspecified atom stereocenters. The fourth-order valence-corrected chi connectivity index (χ4v) is 4.16. The van der Waals surface area contributed by atoms with Gasteiger partial charge in [0.1, 0.15) is 10.7 Å². The van der Waals surface area contributed by atoms with Gasteiger partial charge >= 0.3 is 0 Å². The Morgan fingerprint density at radius 2 is 1.86 bits per heavy atom. The molecule has 0 radical (unpaired) electrons. The number of carbonyl (C=O) groups excluding carboxylic acids is 1. The van der Waals surface area contributed by atoms with Gasteiger partial charge in [-0.25, -0.2) is 17.1 Å². The molecule has 0 atom stereocenters. The van der Waals surface area contributed by atoms with E-state index in [0.717, 1.165) is 0 Å². The Balaban J connectivity index is 2.05. The largest absolute Gasteiger partial charge is 0.269 e. The van der Waals surface area contributed by atoms with Crippen molar-refractivity contribution in [2.24, 2.45) is 0 Å². The van der Waals surface area contributed by atoms with Gasteiger partial charge in [-0.2, -0.15) is 0 Å². The van der Waals surface area contributed by atoms with E-state index in [1.165, 1.54) is 30.3 Å². The summed E-state index contributed by atoms with van der Waals surface area (Å²) in [7, 11) is -3.92. The van der Waals surface area contributed by atoms with Crippen LogP contribution < -0.4 is 0 Å². The Morgan fingerprint density at radius 3 is 2.57 bits per heavy atom. The highest BCUT2D eigenvalue weighted by Gasteiger charge is 2.41. The number of fused-ring (bicyclic) bond motifs is 1. The number of benzene rings is 2. The van der Waals surface area contributed by atoms with Gasteiger partial charge in [-0.3, -0.25) is 4.79 Å². The third kappa shape index (κ3) is 2.26. The molecule has 0 fully saturated rings. The molecule has 0 bridgehead atoms. The van der Waals surface area contributed by atoms with E-state index in [2.05, 4.69) is 15.9 Å². The topological polar surface area (TPSA) is 54.5 Å². The summed E-state index contributed by atoms with van der Waals surface area (Å²) in [6.45, 7) is -0.332. The molecule has 7 heteroatoms. The van der Waals surface area contributed by atoms with E-state index in [-0.39, 0.29) is 22.6 Å². The summed E-state index contributed by atoms with van der Waals surface area (Å²) in [5.74, 6) is -1.19. The van der Waals surface area contributed by atoms with E-state index >= 15 is 0 Å². The monoisotopic (exact) mass is 369 g/mol. The second-order valence-electron chi connectivity index (χ2n) is 4.55. The molecule has 2 aromatic carbocycles. The lowest BCUT2D eigenvalue weighted by atomic mass is 10.2. The first-order valence-corrected chi connectivity index (χ1v) is 8.24. The maximum absolute atomic E-state index is 13.8. The fraction of sp³-hybridized carbons (Fsp3) is 0.0714. The lowest BCUT2D eigenvalue weighted by molar-refractivity contribution is 0.0864. The van der Waals surface area contributed by atoms with E-state index in [1.807, 2.05) is 0 Å². The highest BCUT2D eigenvalue weighted by atomic mass is 79.9. The van der Waals surface area contributed by atoms with E-state index in [1.54, 1.807) is 12.1 Å². The van der Waals surface area contributed by atoms with Crippen molar-refractivity contribution in [2.75, 3.05) is 0 Å². The smallest absolute Gasteiger partial charge is 0.268 e. The van der Waals surface area contributed by atoms with Gasteiger partial charge in [0.15, 0.2) is 0 Å². The maximum atomic E-state index is 13.8. The van der Waals surface area contributed by atoms with Crippen molar-refractivity contribution in [1.29, 1.82) is 0 Å². The molecule has 1 amide bonds. The van der Waals surface area contributed by atoms with Crippen molar-refractivity contribution in [3.05, 3.63) is 63.9 Å². The number of sulfonamides is 1. The Hall–Kier alpha value is -1.73. The molecular weight excluding hydrogens is 361 g/mol. The fourth-order valence-electron chi connectivity index (χ4n) is 2.21. The second-order valence-corrected chi connectivity index (χ2v) is 7.30. The molecule has 0 aliphatic carbocycles. The Labute approximate surface area is 129 Å². The highest BCUT2D eigenvalue weighted by Crippen LogP contribution is 2.32. The Morgan fingerprint density at radius 1 is 1.14 bits per heavy atom. The Kier molecular flexibility index (Phi) is 3.33. The lowest BCUT2D eigenvalue weighted by Crippen LogP contribution is -2.29. The van der Waals surface area contributed by atoms with Crippen LogP contribution in [0.5, 0.6) is 0 Å². The second kappa shape index (κ2) is 4.92. The van der Waals surface area contributed by atoms with Crippen LogP contribution in [0.1, 0.15) is 15.9 Å². The SMILES string of the molecule is O=C1c2ccccc2S(=O)(=O)N1Cc1cc(Br)ccc1F. The number of nitrogens with zero attached hydrogens (tertiary/aromatic N) is 1. The summed E-state index contributed by atoms with van der Waals surface area (Å²) in [6, 6.07) is 10.2. The molecule has 1 aliphatic rings. The molecule has 0 saturated carbocycles. The van der Waals surface area contributed by atoms with Gasteiger partial charge in [0.05, 0.1) is 12.1 Å². The summed E-state index contributed by atoms with van der Waals surface area (Å²) >= 11 is 3.20. The molecule has 2 aromatic rings. The minimum atomic E-state index is -3.92.